The van der Waals surface area contributed by atoms with E-state index < -0.39 is 6.10 Å². The number of phenols is 1. The van der Waals surface area contributed by atoms with Gasteiger partial charge in [-0.1, -0.05) is 30.7 Å². The highest BCUT2D eigenvalue weighted by atomic mass is 16.3. The highest BCUT2D eigenvalue weighted by Crippen LogP contribution is 2.29. The van der Waals surface area contributed by atoms with E-state index in [9.17, 15) is 10.2 Å². The molecule has 2 heteroatoms. The van der Waals surface area contributed by atoms with Crippen molar-refractivity contribution in [1.82, 2.24) is 0 Å². The first-order chi connectivity index (χ1) is 7.90. The van der Waals surface area contributed by atoms with E-state index in [-0.39, 0.29) is 5.92 Å². The van der Waals surface area contributed by atoms with Gasteiger partial charge in [0.05, 0.1) is 6.10 Å². The van der Waals surface area contributed by atoms with Gasteiger partial charge in [0.25, 0.3) is 0 Å². The van der Waals surface area contributed by atoms with E-state index in [4.69, 9.17) is 0 Å². The van der Waals surface area contributed by atoms with Crippen LogP contribution in [0.3, 0.4) is 0 Å². The number of aliphatic hydroxyl groups excluding tert-OH is 1. The van der Waals surface area contributed by atoms with Crippen LogP contribution < -0.4 is 0 Å². The lowest BCUT2D eigenvalue weighted by Crippen LogP contribution is -2.08. The Balaban J connectivity index is 2.76. The Hall–Kier alpha value is -1.28. The molecule has 0 heterocycles. The summed E-state index contributed by atoms with van der Waals surface area (Å²) in [5.41, 5.74) is 3.05. The Kier molecular flexibility index (Phi) is 4.76. The number of allylic oxidation sites excluding steroid dienone is 1. The molecule has 0 bridgehead atoms. The molecule has 17 heavy (non-hydrogen) atoms. The molecule has 0 radical (unpaired) electrons. The van der Waals surface area contributed by atoms with Gasteiger partial charge in [-0.15, -0.1) is 0 Å². The predicted octanol–water partition coefficient (Wildman–Crippen LogP) is 3.52. The van der Waals surface area contributed by atoms with Crippen molar-refractivity contribution in [2.45, 2.75) is 46.1 Å². The minimum atomic E-state index is -0.448. The van der Waals surface area contributed by atoms with Gasteiger partial charge in [0.1, 0.15) is 5.75 Å². The van der Waals surface area contributed by atoms with E-state index in [1.165, 1.54) is 0 Å². The van der Waals surface area contributed by atoms with Crippen molar-refractivity contribution in [2.24, 2.45) is 0 Å². The van der Waals surface area contributed by atoms with Crippen LogP contribution in [0.1, 0.15) is 44.2 Å². The number of rotatable bonds is 4. The molecular weight excluding hydrogens is 212 g/mol. The maximum Gasteiger partial charge on any atom is 0.119 e. The standard InChI is InChI=1S/C15H22O2/c1-10(2)7-13(16)9-12(4)14-6-5-11(3)8-15(14)17/h5-8,12-13,16-17H,9H2,1-4H3. The maximum absolute atomic E-state index is 9.86. The van der Waals surface area contributed by atoms with Crippen molar-refractivity contribution in [1.29, 1.82) is 0 Å². The smallest absolute Gasteiger partial charge is 0.119 e. The molecule has 1 rings (SSSR count). The molecule has 2 atom stereocenters. The summed E-state index contributed by atoms with van der Waals surface area (Å²) in [6.45, 7) is 7.91. The van der Waals surface area contributed by atoms with Gasteiger partial charge < -0.3 is 10.2 Å². The first kappa shape index (κ1) is 13.8. The van der Waals surface area contributed by atoms with Crippen LogP contribution in [0.4, 0.5) is 0 Å². The average molecular weight is 234 g/mol. The van der Waals surface area contributed by atoms with Crippen LogP contribution in [0, 0.1) is 6.92 Å². The second kappa shape index (κ2) is 5.87. The topological polar surface area (TPSA) is 40.5 Å². The number of phenolic OH excluding ortho intramolecular Hbond substituents is 1. The molecule has 0 aliphatic carbocycles. The SMILES string of the molecule is CC(C)=CC(O)CC(C)c1ccc(C)cc1O. The van der Waals surface area contributed by atoms with E-state index in [0.717, 1.165) is 16.7 Å². The van der Waals surface area contributed by atoms with Crippen LogP contribution in [0.25, 0.3) is 0 Å². The molecule has 2 nitrogen and oxygen atoms in total. The van der Waals surface area contributed by atoms with E-state index >= 15 is 0 Å². The van der Waals surface area contributed by atoms with Crippen LogP contribution in [0.5, 0.6) is 5.75 Å². The van der Waals surface area contributed by atoms with Gasteiger partial charge in [0, 0.05) is 0 Å². The van der Waals surface area contributed by atoms with Crippen LogP contribution in [-0.4, -0.2) is 16.3 Å². The Bertz CT molecular complexity index is 403. The van der Waals surface area contributed by atoms with Crippen LogP contribution >= 0.6 is 0 Å². The fourth-order valence-electron chi connectivity index (χ4n) is 2.01. The maximum atomic E-state index is 9.86. The number of hydrogen-bond acceptors (Lipinski definition) is 2. The molecule has 2 unspecified atom stereocenters. The van der Waals surface area contributed by atoms with Crippen molar-refractivity contribution in [3.63, 3.8) is 0 Å². The molecular formula is C15H22O2. The fourth-order valence-corrected chi connectivity index (χ4v) is 2.01. The molecule has 0 saturated carbocycles. The summed E-state index contributed by atoms with van der Waals surface area (Å²) in [5.74, 6) is 0.461. The van der Waals surface area contributed by atoms with Gasteiger partial charge in [-0.3, -0.25) is 0 Å². The summed E-state index contributed by atoms with van der Waals surface area (Å²) in [7, 11) is 0. The number of hydrogen-bond donors (Lipinski definition) is 2. The molecule has 0 saturated heterocycles. The van der Waals surface area contributed by atoms with Gasteiger partial charge >= 0.3 is 0 Å². The zero-order valence-corrected chi connectivity index (χ0v) is 11.1. The lowest BCUT2D eigenvalue weighted by Gasteiger charge is -2.16. The van der Waals surface area contributed by atoms with Crippen LogP contribution in [0.15, 0.2) is 29.8 Å². The fraction of sp³-hybridized carbons (Fsp3) is 0.467. The minimum absolute atomic E-state index is 0.140. The molecule has 0 aliphatic heterocycles. The van der Waals surface area contributed by atoms with Gasteiger partial charge in [-0.2, -0.15) is 0 Å². The molecule has 1 aromatic rings. The zero-order valence-electron chi connectivity index (χ0n) is 11.1. The summed E-state index contributed by atoms with van der Waals surface area (Å²) in [4.78, 5) is 0. The Morgan fingerprint density at radius 1 is 1.35 bits per heavy atom. The van der Waals surface area contributed by atoms with Crippen molar-refractivity contribution < 1.29 is 10.2 Å². The van der Waals surface area contributed by atoms with Gasteiger partial charge in [-0.25, -0.2) is 0 Å². The summed E-state index contributed by atoms with van der Waals surface area (Å²) in [6.07, 6.45) is 2.03. The molecule has 2 N–H and O–H groups in total. The van der Waals surface area contributed by atoms with E-state index in [1.54, 1.807) is 6.07 Å². The lowest BCUT2D eigenvalue weighted by atomic mass is 9.93. The Morgan fingerprint density at radius 2 is 2.00 bits per heavy atom. The number of aromatic hydroxyl groups is 1. The Labute approximate surface area is 104 Å². The summed E-state index contributed by atoms with van der Waals surface area (Å²) < 4.78 is 0. The van der Waals surface area contributed by atoms with Crippen molar-refractivity contribution >= 4 is 0 Å². The van der Waals surface area contributed by atoms with Gasteiger partial charge in [0.15, 0.2) is 0 Å². The molecule has 94 valence electrons. The second-order valence-corrected chi connectivity index (χ2v) is 5.01. The van der Waals surface area contributed by atoms with Crippen molar-refractivity contribution in [3.05, 3.63) is 41.0 Å². The predicted molar refractivity (Wildman–Crippen MR) is 71.3 cm³/mol. The third-order valence-corrected chi connectivity index (χ3v) is 2.84. The van der Waals surface area contributed by atoms with E-state index in [0.29, 0.717) is 12.2 Å². The highest BCUT2D eigenvalue weighted by molar-refractivity contribution is 5.38. The first-order valence-corrected chi connectivity index (χ1v) is 6.02. The number of aliphatic hydroxyl groups is 1. The lowest BCUT2D eigenvalue weighted by molar-refractivity contribution is 0.203. The minimum Gasteiger partial charge on any atom is -0.508 e. The number of benzene rings is 1. The third-order valence-electron chi connectivity index (χ3n) is 2.84. The molecule has 1 aromatic carbocycles. The molecule has 0 aromatic heterocycles. The summed E-state index contributed by atoms with van der Waals surface area (Å²) in [5, 5.41) is 19.7. The van der Waals surface area contributed by atoms with Gasteiger partial charge in [-0.05, 0) is 50.3 Å². The quantitative estimate of drug-likeness (QED) is 0.782. The normalized spacial score (nSPS) is 14.2. The number of aryl methyl sites for hydroxylation is 1. The van der Waals surface area contributed by atoms with Crippen LogP contribution in [0.2, 0.25) is 0 Å². The van der Waals surface area contributed by atoms with E-state index in [1.807, 2.05) is 45.9 Å². The average Bonchev–Trinajstić information content (AvgIpc) is 2.15. The van der Waals surface area contributed by atoms with Crippen molar-refractivity contribution in [3.8, 4) is 5.75 Å². The zero-order chi connectivity index (χ0) is 13.0. The molecule has 0 amide bonds. The van der Waals surface area contributed by atoms with Crippen LogP contribution in [-0.2, 0) is 0 Å². The highest BCUT2D eigenvalue weighted by Gasteiger charge is 2.13. The third kappa shape index (κ3) is 4.23. The largest absolute Gasteiger partial charge is 0.508 e. The van der Waals surface area contributed by atoms with E-state index in [2.05, 4.69) is 0 Å². The summed E-state index contributed by atoms with van der Waals surface area (Å²) >= 11 is 0. The molecule has 0 aliphatic rings. The monoisotopic (exact) mass is 234 g/mol. The summed E-state index contributed by atoms with van der Waals surface area (Å²) in [6, 6.07) is 5.68. The second-order valence-electron chi connectivity index (χ2n) is 5.01. The molecule has 0 fully saturated rings. The van der Waals surface area contributed by atoms with Crippen molar-refractivity contribution in [2.75, 3.05) is 0 Å². The Morgan fingerprint density at radius 3 is 2.53 bits per heavy atom. The molecule has 0 spiro atoms. The first-order valence-electron chi connectivity index (χ1n) is 6.02. The van der Waals surface area contributed by atoms with Gasteiger partial charge in [0.2, 0.25) is 0 Å².